The van der Waals surface area contributed by atoms with Crippen molar-refractivity contribution in [1.82, 2.24) is 9.62 Å². The SMILES string of the molecule is Cc1ccc(S(=O)(=O)NC(=O)N2CCC(Oc3ccccc3)CC2)cc1. The Bertz CT molecular complexity index is 843. The van der Waals surface area contributed by atoms with Crippen LogP contribution in [-0.4, -0.2) is 38.5 Å². The highest BCUT2D eigenvalue weighted by Crippen LogP contribution is 2.19. The number of ether oxygens (including phenoxy) is 1. The summed E-state index contributed by atoms with van der Waals surface area (Å²) < 4.78 is 32.7. The molecule has 1 N–H and O–H groups in total. The molecule has 1 saturated heterocycles. The van der Waals surface area contributed by atoms with E-state index in [-0.39, 0.29) is 11.0 Å². The normalized spacial score (nSPS) is 15.5. The number of urea groups is 1. The number of hydrogen-bond donors (Lipinski definition) is 1. The first kappa shape index (κ1) is 18.3. The molecule has 1 aliphatic heterocycles. The average molecular weight is 374 g/mol. The van der Waals surface area contributed by atoms with E-state index < -0.39 is 16.1 Å². The van der Waals surface area contributed by atoms with Gasteiger partial charge in [0.25, 0.3) is 10.0 Å². The van der Waals surface area contributed by atoms with Crippen LogP contribution < -0.4 is 9.46 Å². The number of nitrogens with one attached hydrogen (secondary N) is 1. The third-order valence-electron chi connectivity index (χ3n) is 4.33. The minimum Gasteiger partial charge on any atom is -0.490 e. The molecule has 0 aliphatic carbocycles. The quantitative estimate of drug-likeness (QED) is 0.893. The van der Waals surface area contributed by atoms with Crippen LogP contribution in [0, 0.1) is 6.92 Å². The molecule has 2 aromatic rings. The molecule has 0 saturated carbocycles. The van der Waals surface area contributed by atoms with Crippen LogP contribution in [0.15, 0.2) is 59.5 Å². The highest BCUT2D eigenvalue weighted by Gasteiger charge is 2.27. The number of benzene rings is 2. The van der Waals surface area contributed by atoms with Crippen LogP contribution in [0.25, 0.3) is 0 Å². The van der Waals surface area contributed by atoms with E-state index in [1.54, 1.807) is 12.1 Å². The Labute approximate surface area is 153 Å². The number of para-hydroxylation sites is 1. The van der Waals surface area contributed by atoms with E-state index in [4.69, 9.17) is 4.74 Å². The molecule has 3 rings (SSSR count). The van der Waals surface area contributed by atoms with Crippen LogP contribution in [0.4, 0.5) is 4.79 Å². The molecule has 2 amide bonds. The van der Waals surface area contributed by atoms with Crippen LogP contribution in [-0.2, 0) is 10.0 Å². The van der Waals surface area contributed by atoms with Gasteiger partial charge in [-0.05, 0) is 31.2 Å². The summed E-state index contributed by atoms with van der Waals surface area (Å²) in [7, 11) is -3.86. The van der Waals surface area contributed by atoms with Crippen molar-refractivity contribution in [1.29, 1.82) is 0 Å². The maximum Gasteiger partial charge on any atom is 0.331 e. The number of likely N-dealkylation sites (tertiary alicyclic amines) is 1. The lowest BCUT2D eigenvalue weighted by atomic mass is 10.1. The van der Waals surface area contributed by atoms with Crippen molar-refractivity contribution in [3.63, 3.8) is 0 Å². The molecule has 0 bridgehead atoms. The Hall–Kier alpha value is -2.54. The number of rotatable bonds is 4. The number of piperidine rings is 1. The molecule has 1 aliphatic rings. The van der Waals surface area contributed by atoms with Gasteiger partial charge < -0.3 is 9.64 Å². The Balaban J connectivity index is 1.54. The largest absolute Gasteiger partial charge is 0.490 e. The summed E-state index contributed by atoms with van der Waals surface area (Å²) in [5, 5.41) is 0. The Morgan fingerprint density at radius 2 is 1.65 bits per heavy atom. The summed E-state index contributed by atoms with van der Waals surface area (Å²) in [6.45, 7) is 2.77. The summed E-state index contributed by atoms with van der Waals surface area (Å²) in [6.07, 6.45) is 1.34. The van der Waals surface area contributed by atoms with Gasteiger partial charge in [-0.25, -0.2) is 17.9 Å². The molecule has 0 aromatic heterocycles. The van der Waals surface area contributed by atoms with Crippen molar-refractivity contribution in [3.8, 4) is 5.75 Å². The number of amides is 2. The summed E-state index contributed by atoms with van der Waals surface area (Å²) in [6, 6.07) is 15.3. The molecule has 26 heavy (non-hydrogen) atoms. The van der Waals surface area contributed by atoms with Gasteiger partial charge in [-0.15, -0.1) is 0 Å². The first-order valence-electron chi connectivity index (χ1n) is 8.54. The predicted octanol–water partition coefficient (Wildman–Crippen LogP) is 2.94. The van der Waals surface area contributed by atoms with Gasteiger partial charge >= 0.3 is 6.03 Å². The number of hydrogen-bond acceptors (Lipinski definition) is 4. The Morgan fingerprint density at radius 3 is 2.27 bits per heavy atom. The molecule has 2 aromatic carbocycles. The van der Waals surface area contributed by atoms with Gasteiger partial charge in [0.2, 0.25) is 0 Å². The van der Waals surface area contributed by atoms with E-state index in [1.807, 2.05) is 37.3 Å². The van der Waals surface area contributed by atoms with Gasteiger partial charge in [0.05, 0.1) is 4.90 Å². The van der Waals surface area contributed by atoms with E-state index in [0.29, 0.717) is 25.9 Å². The van der Waals surface area contributed by atoms with Gasteiger partial charge in [0.1, 0.15) is 11.9 Å². The maximum absolute atomic E-state index is 12.3. The Kier molecular flexibility index (Phi) is 5.46. The minimum atomic E-state index is -3.86. The third kappa shape index (κ3) is 4.54. The lowest BCUT2D eigenvalue weighted by Crippen LogP contribution is -2.48. The van der Waals surface area contributed by atoms with Crippen LogP contribution in [0.1, 0.15) is 18.4 Å². The zero-order chi connectivity index (χ0) is 18.6. The number of sulfonamides is 1. The summed E-state index contributed by atoms with van der Waals surface area (Å²) in [5.41, 5.74) is 0.954. The average Bonchev–Trinajstić information content (AvgIpc) is 2.63. The molecule has 0 atom stereocenters. The monoisotopic (exact) mass is 374 g/mol. The van der Waals surface area contributed by atoms with Gasteiger partial charge in [-0.1, -0.05) is 35.9 Å². The molecule has 1 heterocycles. The van der Waals surface area contributed by atoms with E-state index in [0.717, 1.165) is 11.3 Å². The lowest BCUT2D eigenvalue weighted by molar-refractivity contribution is 0.113. The van der Waals surface area contributed by atoms with Crippen LogP contribution in [0.5, 0.6) is 5.75 Å². The van der Waals surface area contributed by atoms with Gasteiger partial charge in [0.15, 0.2) is 0 Å². The molecule has 7 heteroatoms. The fourth-order valence-electron chi connectivity index (χ4n) is 2.82. The maximum atomic E-state index is 12.3. The van der Waals surface area contributed by atoms with Crippen molar-refractivity contribution in [2.75, 3.05) is 13.1 Å². The Morgan fingerprint density at radius 1 is 1.04 bits per heavy atom. The highest BCUT2D eigenvalue weighted by molar-refractivity contribution is 7.90. The number of nitrogens with zero attached hydrogens (tertiary/aromatic N) is 1. The van der Waals surface area contributed by atoms with Crippen LogP contribution >= 0.6 is 0 Å². The topological polar surface area (TPSA) is 75.7 Å². The zero-order valence-electron chi connectivity index (χ0n) is 14.6. The van der Waals surface area contributed by atoms with Crippen molar-refractivity contribution >= 4 is 16.1 Å². The second-order valence-corrected chi connectivity index (χ2v) is 8.02. The second-order valence-electron chi connectivity index (χ2n) is 6.34. The zero-order valence-corrected chi connectivity index (χ0v) is 15.4. The van der Waals surface area contributed by atoms with E-state index in [1.165, 1.54) is 17.0 Å². The summed E-state index contributed by atoms with van der Waals surface area (Å²) >= 11 is 0. The number of aryl methyl sites for hydroxylation is 1. The first-order valence-corrected chi connectivity index (χ1v) is 10.0. The highest BCUT2D eigenvalue weighted by atomic mass is 32.2. The van der Waals surface area contributed by atoms with E-state index >= 15 is 0 Å². The molecule has 6 nitrogen and oxygen atoms in total. The molecular weight excluding hydrogens is 352 g/mol. The van der Waals surface area contributed by atoms with Gasteiger partial charge in [-0.2, -0.15) is 0 Å². The van der Waals surface area contributed by atoms with Gasteiger partial charge in [0, 0.05) is 25.9 Å². The van der Waals surface area contributed by atoms with E-state index in [9.17, 15) is 13.2 Å². The number of carbonyl (C=O) groups is 1. The molecule has 1 fully saturated rings. The fourth-order valence-corrected chi connectivity index (χ4v) is 3.80. The second kappa shape index (κ2) is 7.78. The van der Waals surface area contributed by atoms with Gasteiger partial charge in [-0.3, -0.25) is 0 Å². The summed E-state index contributed by atoms with van der Waals surface area (Å²) in [5.74, 6) is 0.803. The third-order valence-corrected chi connectivity index (χ3v) is 5.66. The van der Waals surface area contributed by atoms with Crippen molar-refractivity contribution in [3.05, 3.63) is 60.2 Å². The molecule has 0 spiro atoms. The van der Waals surface area contributed by atoms with Crippen LogP contribution in [0.3, 0.4) is 0 Å². The predicted molar refractivity (Wildman–Crippen MR) is 98.6 cm³/mol. The minimum absolute atomic E-state index is 0.0233. The van der Waals surface area contributed by atoms with E-state index in [2.05, 4.69) is 4.72 Å². The standard InChI is InChI=1S/C19H22N2O4S/c1-15-7-9-18(10-8-15)26(23,24)20-19(22)21-13-11-17(12-14-21)25-16-5-3-2-4-6-16/h2-10,17H,11-14H2,1H3,(H,20,22). The summed E-state index contributed by atoms with van der Waals surface area (Å²) in [4.78, 5) is 13.9. The smallest absolute Gasteiger partial charge is 0.331 e. The molecule has 0 unspecified atom stereocenters. The van der Waals surface area contributed by atoms with Crippen molar-refractivity contribution in [2.45, 2.75) is 30.8 Å². The fraction of sp³-hybridized carbons (Fsp3) is 0.316. The first-order chi connectivity index (χ1) is 12.4. The van der Waals surface area contributed by atoms with Crippen molar-refractivity contribution in [2.24, 2.45) is 0 Å². The van der Waals surface area contributed by atoms with Crippen molar-refractivity contribution < 1.29 is 17.9 Å². The lowest BCUT2D eigenvalue weighted by Gasteiger charge is -2.32. The van der Waals surface area contributed by atoms with Crippen LogP contribution in [0.2, 0.25) is 0 Å². The molecular formula is C19H22N2O4S. The number of carbonyl (C=O) groups excluding carboxylic acids is 1. The molecule has 138 valence electrons. The molecule has 0 radical (unpaired) electrons.